The molecule has 3 rings (SSSR count). The van der Waals surface area contributed by atoms with Gasteiger partial charge < -0.3 is 0 Å². The van der Waals surface area contributed by atoms with E-state index in [1.807, 2.05) is 60.4 Å². The van der Waals surface area contributed by atoms with E-state index < -0.39 is 0 Å². The summed E-state index contributed by atoms with van der Waals surface area (Å²) in [7, 11) is 0. The summed E-state index contributed by atoms with van der Waals surface area (Å²) in [5, 5.41) is 4.40. The Morgan fingerprint density at radius 1 is 1.14 bits per heavy atom. The van der Waals surface area contributed by atoms with Gasteiger partial charge in [0.1, 0.15) is 0 Å². The Labute approximate surface area is 123 Å². The summed E-state index contributed by atoms with van der Waals surface area (Å²) in [6, 6.07) is 13.8. The van der Waals surface area contributed by atoms with Crippen molar-refractivity contribution in [2.75, 3.05) is 0 Å². The first-order chi connectivity index (χ1) is 10.3. The van der Waals surface area contributed by atoms with Crippen molar-refractivity contribution < 1.29 is 0 Å². The molecule has 0 aliphatic carbocycles. The van der Waals surface area contributed by atoms with Crippen molar-refractivity contribution in [1.82, 2.24) is 20.2 Å². The average molecular weight is 279 g/mol. The second kappa shape index (κ2) is 5.87. The molecule has 0 radical (unpaired) electrons. The number of hydrogen-bond acceptors (Lipinski definition) is 4. The lowest BCUT2D eigenvalue weighted by Crippen LogP contribution is -2.30. The van der Waals surface area contributed by atoms with E-state index in [-0.39, 0.29) is 6.04 Å². The van der Waals surface area contributed by atoms with Gasteiger partial charge in [0.25, 0.3) is 0 Å². The number of rotatable bonds is 4. The maximum atomic E-state index is 5.77. The molecule has 0 saturated heterocycles. The molecule has 21 heavy (non-hydrogen) atoms. The minimum absolute atomic E-state index is 0.167. The fourth-order valence-electron chi connectivity index (χ4n) is 2.41. The van der Waals surface area contributed by atoms with Crippen molar-refractivity contribution in [1.29, 1.82) is 0 Å². The Hall–Kier alpha value is -2.50. The van der Waals surface area contributed by atoms with E-state index in [2.05, 4.69) is 21.6 Å². The predicted octanol–water partition coefficient (Wildman–Crippen LogP) is 2.13. The average Bonchev–Trinajstić information content (AvgIpc) is 2.98. The zero-order valence-corrected chi connectivity index (χ0v) is 11.8. The van der Waals surface area contributed by atoms with Crippen molar-refractivity contribution in [2.45, 2.75) is 13.0 Å². The van der Waals surface area contributed by atoms with Gasteiger partial charge in [0.05, 0.1) is 17.4 Å². The molecule has 1 aromatic carbocycles. The van der Waals surface area contributed by atoms with Gasteiger partial charge in [0, 0.05) is 18.6 Å². The molecule has 5 heteroatoms. The lowest BCUT2D eigenvalue weighted by Gasteiger charge is -2.18. The van der Waals surface area contributed by atoms with E-state index in [9.17, 15) is 0 Å². The van der Waals surface area contributed by atoms with Gasteiger partial charge in [-0.1, -0.05) is 24.3 Å². The third-order valence-corrected chi connectivity index (χ3v) is 3.36. The molecule has 3 N–H and O–H groups in total. The first kappa shape index (κ1) is 13.5. The molecule has 3 aromatic rings. The molecule has 106 valence electrons. The molecule has 0 aliphatic heterocycles. The van der Waals surface area contributed by atoms with Crippen LogP contribution in [0.2, 0.25) is 0 Å². The minimum atomic E-state index is -0.167. The summed E-state index contributed by atoms with van der Waals surface area (Å²) < 4.78 is 1.88. The van der Waals surface area contributed by atoms with Crippen molar-refractivity contribution >= 4 is 0 Å². The largest absolute Gasteiger partial charge is 0.271 e. The molecule has 2 aromatic heterocycles. The molecule has 0 spiro atoms. The molecule has 1 atom stereocenters. The SMILES string of the molecule is Cc1cncc(C(NN)c2ccnn2-c2ccccc2)c1. The van der Waals surface area contributed by atoms with Crippen LogP contribution in [0.25, 0.3) is 5.69 Å². The molecule has 2 heterocycles. The highest BCUT2D eigenvalue weighted by Gasteiger charge is 2.18. The fraction of sp³-hybridized carbons (Fsp3) is 0.125. The van der Waals surface area contributed by atoms with Crippen molar-refractivity contribution in [3.8, 4) is 5.69 Å². The molecule has 1 unspecified atom stereocenters. The van der Waals surface area contributed by atoms with Gasteiger partial charge in [-0.05, 0) is 36.2 Å². The third kappa shape index (κ3) is 2.69. The summed E-state index contributed by atoms with van der Waals surface area (Å²) in [6.45, 7) is 2.01. The van der Waals surface area contributed by atoms with Gasteiger partial charge in [-0.3, -0.25) is 10.8 Å². The first-order valence-corrected chi connectivity index (χ1v) is 6.76. The fourth-order valence-corrected chi connectivity index (χ4v) is 2.41. The molecule has 0 amide bonds. The second-order valence-corrected chi connectivity index (χ2v) is 4.90. The van der Waals surface area contributed by atoms with Crippen molar-refractivity contribution in [3.05, 3.63) is 77.9 Å². The minimum Gasteiger partial charge on any atom is -0.271 e. The van der Waals surface area contributed by atoms with Gasteiger partial charge in [-0.25, -0.2) is 10.1 Å². The van der Waals surface area contributed by atoms with E-state index in [0.717, 1.165) is 22.5 Å². The number of aromatic nitrogens is 3. The lowest BCUT2D eigenvalue weighted by atomic mass is 10.0. The summed E-state index contributed by atoms with van der Waals surface area (Å²) in [5.41, 5.74) is 6.93. The van der Waals surface area contributed by atoms with E-state index in [4.69, 9.17) is 5.84 Å². The van der Waals surface area contributed by atoms with Crippen molar-refractivity contribution in [2.24, 2.45) is 5.84 Å². The van der Waals surface area contributed by atoms with Crippen LogP contribution in [0.4, 0.5) is 0 Å². The monoisotopic (exact) mass is 279 g/mol. The molecular weight excluding hydrogens is 262 g/mol. The molecular formula is C16H17N5. The summed E-state index contributed by atoms with van der Waals surface area (Å²) in [5.74, 6) is 5.77. The van der Waals surface area contributed by atoms with Gasteiger partial charge in [0.2, 0.25) is 0 Å². The Morgan fingerprint density at radius 3 is 2.67 bits per heavy atom. The zero-order valence-electron chi connectivity index (χ0n) is 11.8. The topological polar surface area (TPSA) is 68.8 Å². The van der Waals surface area contributed by atoms with E-state index >= 15 is 0 Å². The number of benzene rings is 1. The number of hydrazine groups is 1. The van der Waals surface area contributed by atoms with Gasteiger partial charge in [-0.2, -0.15) is 5.10 Å². The van der Waals surface area contributed by atoms with Crippen LogP contribution in [0.5, 0.6) is 0 Å². The van der Waals surface area contributed by atoms with Crippen LogP contribution in [0.1, 0.15) is 22.9 Å². The Bertz CT molecular complexity index is 720. The molecule has 0 aliphatic rings. The highest BCUT2D eigenvalue weighted by molar-refractivity contribution is 5.36. The Balaban J connectivity index is 2.05. The van der Waals surface area contributed by atoms with Gasteiger partial charge >= 0.3 is 0 Å². The smallest absolute Gasteiger partial charge is 0.0897 e. The zero-order chi connectivity index (χ0) is 14.7. The lowest BCUT2D eigenvalue weighted by molar-refractivity contribution is 0.595. The third-order valence-electron chi connectivity index (χ3n) is 3.36. The quantitative estimate of drug-likeness (QED) is 0.567. The number of nitrogens with one attached hydrogen (secondary N) is 1. The Morgan fingerprint density at radius 2 is 1.95 bits per heavy atom. The van der Waals surface area contributed by atoms with Crippen LogP contribution in [0.15, 0.2) is 61.1 Å². The second-order valence-electron chi connectivity index (χ2n) is 4.90. The number of aryl methyl sites for hydroxylation is 1. The van der Waals surface area contributed by atoms with Crippen LogP contribution in [-0.4, -0.2) is 14.8 Å². The van der Waals surface area contributed by atoms with Gasteiger partial charge in [0.15, 0.2) is 0 Å². The van der Waals surface area contributed by atoms with E-state index in [0.29, 0.717) is 0 Å². The highest BCUT2D eigenvalue weighted by atomic mass is 15.3. The number of pyridine rings is 1. The van der Waals surface area contributed by atoms with E-state index in [1.165, 1.54) is 0 Å². The van der Waals surface area contributed by atoms with Crippen LogP contribution >= 0.6 is 0 Å². The maximum absolute atomic E-state index is 5.77. The molecule has 0 bridgehead atoms. The number of nitrogens with zero attached hydrogens (tertiary/aromatic N) is 3. The Kier molecular flexibility index (Phi) is 3.77. The van der Waals surface area contributed by atoms with Crippen molar-refractivity contribution in [3.63, 3.8) is 0 Å². The van der Waals surface area contributed by atoms with Crippen LogP contribution in [0.3, 0.4) is 0 Å². The number of para-hydroxylation sites is 1. The summed E-state index contributed by atoms with van der Waals surface area (Å²) in [4.78, 5) is 4.24. The number of nitrogens with two attached hydrogens (primary N) is 1. The molecule has 5 nitrogen and oxygen atoms in total. The molecule has 0 fully saturated rings. The maximum Gasteiger partial charge on any atom is 0.0897 e. The van der Waals surface area contributed by atoms with Crippen LogP contribution in [-0.2, 0) is 0 Å². The standard InChI is InChI=1S/C16H17N5/c1-12-9-13(11-18-10-12)16(20-17)15-7-8-19-21(15)14-5-3-2-4-6-14/h2-11,16,20H,17H2,1H3. The predicted molar refractivity (Wildman–Crippen MR) is 81.7 cm³/mol. The van der Waals surface area contributed by atoms with E-state index in [1.54, 1.807) is 6.20 Å². The first-order valence-electron chi connectivity index (χ1n) is 6.76. The summed E-state index contributed by atoms with van der Waals surface area (Å²) in [6.07, 6.45) is 5.42. The summed E-state index contributed by atoms with van der Waals surface area (Å²) >= 11 is 0. The number of hydrogen-bond donors (Lipinski definition) is 2. The highest BCUT2D eigenvalue weighted by Crippen LogP contribution is 2.23. The normalized spacial score (nSPS) is 12.3. The van der Waals surface area contributed by atoms with Crippen LogP contribution < -0.4 is 11.3 Å². The van der Waals surface area contributed by atoms with Crippen LogP contribution in [0, 0.1) is 6.92 Å². The molecule has 0 saturated carbocycles. The van der Waals surface area contributed by atoms with Gasteiger partial charge in [-0.15, -0.1) is 0 Å².